The first-order valence-electron chi connectivity index (χ1n) is 22.3. The topological polar surface area (TPSA) is 0 Å². The highest BCUT2D eigenvalue weighted by molar-refractivity contribution is 5.25. The van der Waals surface area contributed by atoms with Crippen LogP contribution in [0.1, 0.15) is 222 Å². The number of hydrogen-bond donors (Lipinski definition) is 0. The highest BCUT2D eigenvalue weighted by Crippen LogP contribution is 2.68. The monoisotopic (exact) mass is 650 g/mol. The van der Waals surface area contributed by atoms with Gasteiger partial charge in [0, 0.05) is 0 Å². The van der Waals surface area contributed by atoms with Gasteiger partial charge in [0.2, 0.25) is 0 Å². The van der Waals surface area contributed by atoms with E-state index in [0.29, 0.717) is 10.8 Å². The van der Waals surface area contributed by atoms with Gasteiger partial charge in [-0.25, -0.2) is 0 Å². The molecule has 4 rings (SSSR count). The van der Waals surface area contributed by atoms with E-state index in [-0.39, 0.29) is 0 Å². The number of fused-ring (bicyclic) bond motifs is 5. The minimum Gasteiger partial charge on any atom is -0.0845 e. The molecule has 0 N–H and O–H groups in total. The third-order valence-corrected chi connectivity index (χ3v) is 15.4. The number of hydrogen-bond acceptors (Lipinski definition) is 0. The lowest BCUT2D eigenvalue weighted by Gasteiger charge is -2.59. The molecule has 1 unspecified atom stereocenters. The smallest absolute Gasteiger partial charge is 0.00851 e. The molecule has 9 atom stereocenters. The van der Waals surface area contributed by atoms with Crippen molar-refractivity contribution in [3.63, 3.8) is 0 Å². The molecule has 0 amide bonds. The van der Waals surface area contributed by atoms with Gasteiger partial charge in [0.1, 0.15) is 0 Å². The van der Waals surface area contributed by atoms with Crippen molar-refractivity contribution in [3.05, 3.63) is 18.1 Å². The van der Waals surface area contributed by atoms with Crippen LogP contribution in [0.5, 0.6) is 0 Å². The van der Waals surface area contributed by atoms with E-state index in [2.05, 4.69) is 61.0 Å². The zero-order valence-corrected chi connectivity index (χ0v) is 33.4. The van der Waals surface area contributed by atoms with Crippen LogP contribution >= 0.6 is 0 Å². The minimum atomic E-state index is 0.504. The molecule has 0 aliphatic heterocycles. The molecule has 4 aliphatic carbocycles. The Labute approximate surface area is 297 Å². The molecule has 4 aliphatic rings. The Morgan fingerprint density at radius 3 is 2.02 bits per heavy atom. The van der Waals surface area contributed by atoms with Crippen LogP contribution in [-0.4, -0.2) is 0 Å². The zero-order chi connectivity index (χ0) is 33.7. The van der Waals surface area contributed by atoms with Crippen LogP contribution in [0, 0.1) is 64.6 Å². The van der Waals surface area contributed by atoms with Crippen molar-refractivity contribution >= 4 is 0 Å². The first-order valence-corrected chi connectivity index (χ1v) is 22.3. The van der Waals surface area contributed by atoms with E-state index in [9.17, 15) is 0 Å². The Bertz CT molecular complexity index is 880. The van der Waals surface area contributed by atoms with Crippen LogP contribution in [0.2, 0.25) is 0 Å². The van der Waals surface area contributed by atoms with Gasteiger partial charge in [-0.05, 0) is 129 Å². The van der Waals surface area contributed by atoms with Gasteiger partial charge in [0.05, 0.1) is 0 Å². The summed E-state index contributed by atoms with van der Waals surface area (Å²) in [5, 5.41) is 0. The van der Waals surface area contributed by atoms with Crippen LogP contribution in [0.3, 0.4) is 0 Å². The zero-order valence-electron chi connectivity index (χ0n) is 33.4. The fourth-order valence-electron chi connectivity index (χ4n) is 12.4. The predicted molar refractivity (Wildman–Crippen MR) is 210 cm³/mol. The second-order valence-corrected chi connectivity index (χ2v) is 19.0. The van der Waals surface area contributed by atoms with Gasteiger partial charge in [0.25, 0.3) is 0 Å². The van der Waals surface area contributed by atoms with E-state index in [1.807, 2.05) is 5.57 Å². The van der Waals surface area contributed by atoms with Gasteiger partial charge in [-0.1, -0.05) is 169 Å². The standard InChI is InChI=1S/C47H85/c1-8-10-12-14-15-16-17-18-20-22-27-39(26-21-19-13-11-9-2)40-32-34-46(6)41(36-40)28-29-42-44-31-30-43(38(5)25-23-24-37(3)4)47(44,7)35-33-45(42)46/h27-28,37-40,42-45H,8-26,29-36H2,1-7H3/t38-,39?,40+,42+,43-,44+,45+,46+,47-/m1/s1. The molecule has 0 aromatic heterocycles. The molecule has 0 nitrogen and oxygen atoms in total. The molecule has 0 spiro atoms. The lowest BCUT2D eigenvalue weighted by atomic mass is 9.46. The van der Waals surface area contributed by atoms with Crippen molar-refractivity contribution in [2.45, 2.75) is 222 Å². The van der Waals surface area contributed by atoms with Crippen LogP contribution < -0.4 is 0 Å². The molecule has 0 aromatic carbocycles. The van der Waals surface area contributed by atoms with Crippen LogP contribution in [0.15, 0.2) is 11.6 Å². The third kappa shape index (κ3) is 10.6. The summed E-state index contributed by atoms with van der Waals surface area (Å²) in [6.45, 7) is 17.7. The molecular weight excluding hydrogens is 565 g/mol. The van der Waals surface area contributed by atoms with E-state index in [1.54, 1.807) is 0 Å². The van der Waals surface area contributed by atoms with E-state index >= 15 is 0 Å². The molecule has 0 saturated heterocycles. The van der Waals surface area contributed by atoms with Gasteiger partial charge < -0.3 is 0 Å². The average molecular weight is 650 g/mol. The normalized spacial score (nSPS) is 33.3. The Morgan fingerprint density at radius 2 is 1.34 bits per heavy atom. The quantitative estimate of drug-likeness (QED) is 0.0763. The highest BCUT2D eigenvalue weighted by atomic mass is 14.6. The molecule has 3 saturated carbocycles. The summed E-state index contributed by atoms with van der Waals surface area (Å²) in [5.41, 5.74) is 3.05. The van der Waals surface area contributed by atoms with Crippen LogP contribution in [0.4, 0.5) is 0 Å². The maximum Gasteiger partial charge on any atom is -0.00851 e. The lowest BCUT2D eigenvalue weighted by molar-refractivity contribution is -0.0541. The van der Waals surface area contributed by atoms with Crippen molar-refractivity contribution in [2.75, 3.05) is 0 Å². The molecule has 0 bridgehead atoms. The molecule has 0 heterocycles. The number of allylic oxidation sites excluding steroid dienone is 2. The molecule has 47 heavy (non-hydrogen) atoms. The van der Waals surface area contributed by atoms with Crippen molar-refractivity contribution in [1.29, 1.82) is 0 Å². The van der Waals surface area contributed by atoms with Crippen molar-refractivity contribution < 1.29 is 0 Å². The highest BCUT2D eigenvalue weighted by Gasteiger charge is 2.59. The molecule has 273 valence electrons. The fourth-order valence-corrected chi connectivity index (χ4v) is 12.4. The van der Waals surface area contributed by atoms with Crippen molar-refractivity contribution in [1.82, 2.24) is 0 Å². The Hall–Kier alpha value is -0.260. The number of unbranched alkanes of at least 4 members (excludes halogenated alkanes) is 13. The predicted octanol–water partition coefficient (Wildman–Crippen LogP) is 15.7. The first kappa shape index (κ1) is 39.5. The Kier molecular flexibility index (Phi) is 16.8. The molecule has 0 aromatic rings. The Morgan fingerprint density at radius 1 is 0.681 bits per heavy atom. The SMILES string of the molecule is CCCCCCCCCCC[CH]C(CCCCCCC)[C@H]1CC[C@@]2(C)C(=CC[C@H]3[C@@H]4CC[C@H]([C@H](C)CCCC(C)C)[C@@]4(C)CC[C@@H]32)C1. The van der Waals surface area contributed by atoms with Gasteiger partial charge in [0.15, 0.2) is 0 Å². The second-order valence-electron chi connectivity index (χ2n) is 19.0. The van der Waals surface area contributed by atoms with Crippen LogP contribution in [0.25, 0.3) is 0 Å². The summed E-state index contributed by atoms with van der Waals surface area (Å²) in [7, 11) is 0. The summed E-state index contributed by atoms with van der Waals surface area (Å²) in [6, 6.07) is 0. The van der Waals surface area contributed by atoms with Crippen molar-refractivity contribution in [3.8, 4) is 0 Å². The first-order chi connectivity index (χ1) is 22.7. The lowest BCUT2D eigenvalue weighted by Crippen LogP contribution is -2.50. The molecule has 3 fully saturated rings. The average Bonchev–Trinajstić information content (AvgIpc) is 3.41. The van der Waals surface area contributed by atoms with E-state index in [4.69, 9.17) is 0 Å². The summed E-state index contributed by atoms with van der Waals surface area (Å²) < 4.78 is 0. The van der Waals surface area contributed by atoms with E-state index in [1.165, 1.54) is 173 Å². The maximum absolute atomic E-state index is 2.87. The van der Waals surface area contributed by atoms with Crippen LogP contribution in [-0.2, 0) is 0 Å². The minimum absolute atomic E-state index is 0.504. The molecule has 0 heteroatoms. The second kappa shape index (κ2) is 20.0. The molecule has 1 radical (unpaired) electrons. The summed E-state index contributed by atoms with van der Waals surface area (Å²) in [4.78, 5) is 0. The van der Waals surface area contributed by atoms with Gasteiger partial charge >= 0.3 is 0 Å². The Balaban J connectivity index is 1.31. The van der Waals surface area contributed by atoms with Gasteiger partial charge in [-0.2, -0.15) is 0 Å². The summed E-state index contributed by atoms with van der Waals surface area (Å²) in [6.07, 6.45) is 45.1. The van der Waals surface area contributed by atoms with E-state index < -0.39 is 0 Å². The molecular formula is C47H85. The largest absolute Gasteiger partial charge is 0.0845 e. The van der Waals surface area contributed by atoms with Gasteiger partial charge in [-0.3, -0.25) is 0 Å². The van der Waals surface area contributed by atoms with E-state index in [0.717, 1.165) is 47.3 Å². The van der Waals surface area contributed by atoms with Crippen molar-refractivity contribution in [2.24, 2.45) is 58.2 Å². The van der Waals surface area contributed by atoms with Gasteiger partial charge in [-0.15, -0.1) is 0 Å². The fraction of sp³-hybridized carbons (Fsp3) is 0.936. The maximum atomic E-state index is 2.87. The summed E-state index contributed by atoms with van der Waals surface area (Å²) >= 11 is 0. The summed E-state index contributed by atoms with van der Waals surface area (Å²) in [5.74, 6) is 7.49. The number of rotatable bonds is 23. The third-order valence-electron chi connectivity index (χ3n) is 15.4.